The molecule has 0 unspecified atom stereocenters. The van der Waals surface area contributed by atoms with E-state index < -0.39 is 0 Å². The van der Waals surface area contributed by atoms with E-state index in [4.69, 9.17) is 4.42 Å². The zero-order chi connectivity index (χ0) is 15.5. The molecule has 4 heteroatoms. The van der Waals surface area contributed by atoms with Crippen LogP contribution in [-0.4, -0.2) is 10.2 Å². The first-order chi connectivity index (χ1) is 10.6. The summed E-state index contributed by atoms with van der Waals surface area (Å²) in [4.78, 5) is 0. The molecule has 0 aliphatic rings. The van der Waals surface area contributed by atoms with E-state index in [1.807, 2.05) is 24.3 Å². The molecule has 0 atom stereocenters. The maximum Gasteiger partial charge on any atom is 0.277 e. The Kier molecular flexibility index (Phi) is 4.29. The van der Waals surface area contributed by atoms with Gasteiger partial charge in [-0.05, 0) is 44.0 Å². The normalized spacial score (nSPS) is 10.9. The molecule has 0 radical (unpaired) electrons. The molecular formula is C18H18N2OS. The Morgan fingerprint density at radius 2 is 1.64 bits per heavy atom. The molecule has 0 amide bonds. The lowest BCUT2D eigenvalue weighted by Crippen LogP contribution is -1.87. The van der Waals surface area contributed by atoms with Gasteiger partial charge in [-0.15, -0.1) is 10.2 Å². The average molecular weight is 310 g/mol. The van der Waals surface area contributed by atoms with Crippen molar-refractivity contribution in [2.75, 3.05) is 0 Å². The van der Waals surface area contributed by atoms with Gasteiger partial charge in [-0.2, -0.15) is 0 Å². The molecule has 0 fully saturated rings. The molecule has 112 valence electrons. The van der Waals surface area contributed by atoms with Crippen LogP contribution in [0.5, 0.6) is 0 Å². The Morgan fingerprint density at radius 1 is 0.909 bits per heavy atom. The standard InChI is InChI=1S/C18H18N2OS/c1-12-5-8-15(9-6-12)17-19-20-18(21-17)22-11-16-10-13(2)4-7-14(16)3/h4-10H,11H2,1-3H3. The van der Waals surface area contributed by atoms with Gasteiger partial charge in [0.05, 0.1) is 0 Å². The van der Waals surface area contributed by atoms with Crippen molar-refractivity contribution in [3.05, 3.63) is 64.7 Å². The number of aromatic nitrogens is 2. The lowest BCUT2D eigenvalue weighted by Gasteiger charge is -2.04. The van der Waals surface area contributed by atoms with Crippen LogP contribution in [0.15, 0.2) is 52.1 Å². The van der Waals surface area contributed by atoms with Crippen molar-refractivity contribution in [1.29, 1.82) is 0 Å². The first kappa shape index (κ1) is 14.9. The second-order valence-electron chi connectivity index (χ2n) is 5.46. The predicted octanol–water partition coefficient (Wildman–Crippen LogP) is 4.95. The van der Waals surface area contributed by atoms with E-state index in [1.54, 1.807) is 11.8 Å². The first-order valence-electron chi connectivity index (χ1n) is 7.21. The maximum absolute atomic E-state index is 5.74. The minimum atomic E-state index is 0.573. The average Bonchev–Trinajstić information content (AvgIpc) is 2.98. The van der Waals surface area contributed by atoms with Crippen LogP contribution in [0, 0.1) is 20.8 Å². The molecule has 0 saturated heterocycles. The van der Waals surface area contributed by atoms with E-state index in [9.17, 15) is 0 Å². The summed E-state index contributed by atoms with van der Waals surface area (Å²) in [6.45, 7) is 6.29. The highest BCUT2D eigenvalue weighted by Gasteiger charge is 2.09. The summed E-state index contributed by atoms with van der Waals surface area (Å²) >= 11 is 1.57. The van der Waals surface area contributed by atoms with E-state index in [-0.39, 0.29) is 0 Å². The summed E-state index contributed by atoms with van der Waals surface area (Å²) < 4.78 is 5.74. The molecule has 1 heterocycles. The smallest absolute Gasteiger partial charge is 0.277 e. The minimum Gasteiger partial charge on any atom is -0.411 e. The number of thioether (sulfide) groups is 1. The van der Waals surface area contributed by atoms with Gasteiger partial charge < -0.3 is 4.42 Å². The summed E-state index contributed by atoms with van der Waals surface area (Å²) in [6, 6.07) is 14.6. The number of hydrogen-bond donors (Lipinski definition) is 0. The maximum atomic E-state index is 5.74. The van der Waals surface area contributed by atoms with Crippen LogP contribution in [0.1, 0.15) is 22.3 Å². The lowest BCUT2D eigenvalue weighted by atomic mass is 10.1. The summed E-state index contributed by atoms with van der Waals surface area (Å²) in [5, 5.41) is 8.87. The molecule has 3 rings (SSSR count). The number of rotatable bonds is 4. The van der Waals surface area contributed by atoms with Gasteiger partial charge in [-0.3, -0.25) is 0 Å². The van der Waals surface area contributed by atoms with Gasteiger partial charge in [0, 0.05) is 11.3 Å². The second-order valence-corrected chi connectivity index (χ2v) is 6.38. The van der Waals surface area contributed by atoms with E-state index in [2.05, 4.69) is 49.2 Å². The molecule has 1 aromatic heterocycles. The number of benzene rings is 2. The number of aryl methyl sites for hydroxylation is 3. The Balaban J connectivity index is 1.72. The molecule has 22 heavy (non-hydrogen) atoms. The second kappa shape index (κ2) is 6.36. The topological polar surface area (TPSA) is 38.9 Å². The highest BCUT2D eigenvalue weighted by molar-refractivity contribution is 7.98. The lowest BCUT2D eigenvalue weighted by molar-refractivity contribution is 0.466. The first-order valence-corrected chi connectivity index (χ1v) is 8.20. The number of nitrogens with zero attached hydrogens (tertiary/aromatic N) is 2. The zero-order valence-corrected chi connectivity index (χ0v) is 13.8. The molecular weight excluding hydrogens is 292 g/mol. The molecule has 0 saturated carbocycles. The van der Waals surface area contributed by atoms with E-state index in [0.717, 1.165) is 11.3 Å². The van der Waals surface area contributed by atoms with Crippen molar-refractivity contribution in [2.24, 2.45) is 0 Å². The van der Waals surface area contributed by atoms with Gasteiger partial charge in [0.2, 0.25) is 5.89 Å². The zero-order valence-electron chi connectivity index (χ0n) is 13.0. The third kappa shape index (κ3) is 3.39. The fourth-order valence-corrected chi connectivity index (χ4v) is 3.00. The largest absolute Gasteiger partial charge is 0.411 e. The number of hydrogen-bond acceptors (Lipinski definition) is 4. The van der Waals surface area contributed by atoms with Crippen LogP contribution in [0.3, 0.4) is 0 Å². The van der Waals surface area contributed by atoms with Crippen molar-refractivity contribution in [3.63, 3.8) is 0 Å². The van der Waals surface area contributed by atoms with E-state index in [1.165, 1.54) is 22.3 Å². The van der Waals surface area contributed by atoms with Crippen LogP contribution in [0.2, 0.25) is 0 Å². The monoisotopic (exact) mass is 310 g/mol. The van der Waals surface area contributed by atoms with Crippen molar-refractivity contribution in [1.82, 2.24) is 10.2 Å². The molecule has 0 bridgehead atoms. The summed E-state index contributed by atoms with van der Waals surface area (Å²) in [6.07, 6.45) is 0. The van der Waals surface area contributed by atoms with Crippen molar-refractivity contribution in [2.45, 2.75) is 31.7 Å². The van der Waals surface area contributed by atoms with Crippen molar-refractivity contribution < 1.29 is 4.42 Å². The Bertz CT molecular complexity index is 778. The quantitative estimate of drug-likeness (QED) is 0.639. The van der Waals surface area contributed by atoms with Crippen LogP contribution < -0.4 is 0 Å². The van der Waals surface area contributed by atoms with Gasteiger partial charge in [-0.1, -0.05) is 53.2 Å². The molecule has 2 aromatic carbocycles. The van der Waals surface area contributed by atoms with Gasteiger partial charge in [0.25, 0.3) is 5.22 Å². The van der Waals surface area contributed by atoms with Crippen molar-refractivity contribution in [3.8, 4) is 11.5 Å². The molecule has 0 aliphatic carbocycles. The summed E-state index contributed by atoms with van der Waals surface area (Å²) in [7, 11) is 0. The third-order valence-electron chi connectivity index (χ3n) is 3.56. The molecule has 0 aliphatic heterocycles. The minimum absolute atomic E-state index is 0.573. The highest BCUT2D eigenvalue weighted by atomic mass is 32.2. The molecule has 3 aromatic rings. The van der Waals surface area contributed by atoms with Crippen molar-refractivity contribution >= 4 is 11.8 Å². The fourth-order valence-electron chi connectivity index (χ4n) is 2.18. The summed E-state index contributed by atoms with van der Waals surface area (Å²) in [5.74, 6) is 1.41. The van der Waals surface area contributed by atoms with Crippen LogP contribution in [0.25, 0.3) is 11.5 Å². The van der Waals surface area contributed by atoms with Crippen LogP contribution >= 0.6 is 11.8 Å². The van der Waals surface area contributed by atoms with Crippen LogP contribution in [0.4, 0.5) is 0 Å². The fraction of sp³-hybridized carbons (Fsp3) is 0.222. The van der Waals surface area contributed by atoms with Crippen LogP contribution in [-0.2, 0) is 5.75 Å². The van der Waals surface area contributed by atoms with Gasteiger partial charge in [-0.25, -0.2) is 0 Å². The predicted molar refractivity (Wildman–Crippen MR) is 89.9 cm³/mol. The van der Waals surface area contributed by atoms with Gasteiger partial charge >= 0.3 is 0 Å². The SMILES string of the molecule is Cc1ccc(-c2nnc(SCc3cc(C)ccc3C)o2)cc1. The Hall–Kier alpha value is -2.07. The van der Waals surface area contributed by atoms with E-state index >= 15 is 0 Å². The van der Waals surface area contributed by atoms with Gasteiger partial charge in [0.1, 0.15) is 0 Å². The molecule has 0 spiro atoms. The van der Waals surface area contributed by atoms with E-state index in [0.29, 0.717) is 11.1 Å². The molecule has 0 N–H and O–H groups in total. The third-order valence-corrected chi connectivity index (χ3v) is 4.43. The highest BCUT2D eigenvalue weighted by Crippen LogP contribution is 2.27. The Labute approximate surface area is 134 Å². The van der Waals surface area contributed by atoms with Gasteiger partial charge in [0.15, 0.2) is 0 Å². The molecule has 3 nitrogen and oxygen atoms in total. The Morgan fingerprint density at radius 3 is 2.41 bits per heavy atom. The summed E-state index contributed by atoms with van der Waals surface area (Å²) in [5.41, 5.74) is 6.04.